The fraction of sp³-hybridized carbons (Fsp3) is 0.0769. The van der Waals surface area contributed by atoms with Crippen LogP contribution in [0, 0.1) is 0 Å². The van der Waals surface area contributed by atoms with Crippen LogP contribution in [0.2, 0.25) is 0 Å². The molecule has 0 atom stereocenters. The molecular weight excluding hydrogens is 198 g/mol. The first kappa shape index (κ1) is 10.4. The first-order valence-electron chi connectivity index (χ1n) is 5.09. The van der Waals surface area contributed by atoms with E-state index in [0.717, 1.165) is 5.69 Å². The van der Waals surface area contributed by atoms with Crippen molar-refractivity contribution in [1.29, 1.82) is 0 Å². The Kier molecular flexibility index (Phi) is 3.28. The van der Waals surface area contributed by atoms with Gasteiger partial charge in [-0.25, -0.2) is 9.98 Å². The maximum absolute atomic E-state index is 4.27. The van der Waals surface area contributed by atoms with Gasteiger partial charge in [0.2, 0.25) is 0 Å². The van der Waals surface area contributed by atoms with E-state index in [4.69, 9.17) is 0 Å². The van der Waals surface area contributed by atoms with Crippen molar-refractivity contribution < 1.29 is 0 Å². The Morgan fingerprint density at radius 3 is 2.50 bits per heavy atom. The van der Waals surface area contributed by atoms with Gasteiger partial charge in [0.25, 0.3) is 0 Å². The van der Waals surface area contributed by atoms with Crippen LogP contribution in [-0.2, 0) is 0 Å². The van der Waals surface area contributed by atoms with Gasteiger partial charge in [0.05, 0.1) is 6.34 Å². The minimum absolute atomic E-state index is 0.713. The largest absolute Gasteiger partial charge is 0.335 e. The van der Waals surface area contributed by atoms with Crippen molar-refractivity contribution in [2.75, 3.05) is 11.9 Å². The van der Waals surface area contributed by atoms with Gasteiger partial charge in [-0.2, -0.15) is 0 Å². The van der Waals surface area contributed by atoms with Crippen molar-refractivity contribution in [2.45, 2.75) is 0 Å². The molecular formula is C13H13N3. The molecule has 0 N–H and O–H groups in total. The molecule has 16 heavy (non-hydrogen) atoms. The summed E-state index contributed by atoms with van der Waals surface area (Å²) in [5, 5.41) is 0. The van der Waals surface area contributed by atoms with Crippen molar-refractivity contribution in [3.63, 3.8) is 0 Å². The number of rotatable bonds is 3. The second kappa shape index (κ2) is 5.07. The SMILES string of the molecule is CN(C=Nc1ccccn1)c1ccccc1. The topological polar surface area (TPSA) is 28.5 Å². The lowest BCUT2D eigenvalue weighted by Gasteiger charge is -2.12. The molecule has 0 aliphatic carbocycles. The van der Waals surface area contributed by atoms with Gasteiger partial charge < -0.3 is 4.90 Å². The van der Waals surface area contributed by atoms with Gasteiger partial charge in [-0.3, -0.25) is 0 Å². The highest BCUT2D eigenvalue weighted by Gasteiger charge is 1.94. The van der Waals surface area contributed by atoms with Crippen LogP contribution in [0.25, 0.3) is 0 Å². The highest BCUT2D eigenvalue weighted by Crippen LogP contribution is 2.10. The fourth-order valence-corrected chi connectivity index (χ4v) is 1.31. The molecule has 0 radical (unpaired) electrons. The summed E-state index contributed by atoms with van der Waals surface area (Å²) in [6.07, 6.45) is 3.49. The molecule has 0 aliphatic rings. The van der Waals surface area contributed by atoms with Crippen LogP contribution in [0.3, 0.4) is 0 Å². The maximum atomic E-state index is 4.27. The minimum atomic E-state index is 0.713. The first-order chi connectivity index (χ1) is 7.86. The zero-order valence-corrected chi connectivity index (χ0v) is 9.12. The third-order valence-corrected chi connectivity index (χ3v) is 2.18. The lowest BCUT2D eigenvalue weighted by molar-refractivity contribution is 1.24. The fourth-order valence-electron chi connectivity index (χ4n) is 1.31. The molecule has 0 aliphatic heterocycles. The van der Waals surface area contributed by atoms with Crippen molar-refractivity contribution >= 4 is 17.8 Å². The molecule has 0 unspecified atom stereocenters. The summed E-state index contributed by atoms with van der Waals surface area (Å²) in [6.45, 7) is 0. The molecule has 1 aromatic carbocycles. The highest BCUT2D eigenvalue weighted by molar-refractivity contribution is 5.79. The second-order valence-corrected chi connectivity index (χ2v) is 3.38. The van der Waals surface area contributed by atoms with E-state index in [9.17, 15) is 0 Å². The summed E-state index contributed by atoms with van der Waals surface area (Å²) in [6, 6.07) is 15.7. The molecule has 0 amide bonds. The number of aromatic nitrogens is 1. The quantitative estimate of drug-likeness (QED) is 0.577. The van der Waals surface area contributed by atoms with E-state index in [0.29, 0.717) is 5.82 Å². The highest BCUT2D eigenvalue weighted by atomic mass is 15.1. The van der Waals surface area contributed by atoms with E-state index in [1.807, 2.05) is 60.5 Å². The summed E-state index contributed by atoms with van der Waals surface area (Å²) in [5.41, 5.74) is 1.10. The van der Waals surface area contributed by atoms with E-state index < -0.39 is 0 Å². The monoisotopic (exact) mass is 211 g/mol. The Balaban J connectivity index is 2.08. The molecule has 0 fully saturated rings. The van der Waals surface area contributed by atoms with Gasteiger partial charge in [-0.05, 0) is 24.3 Å². The van der Waals surface area contributed by atoms with Gasteiger partial charge in [0.1, 0.15) is 0 Å². The van der Waals surface area contributed by atoms with Crippen LogP contribution >= 0.6 is 0 Å². The van der Waals surface area contributed by atoms with Gasteiger partial charge in [-0.1, -0.05) is 24.3 Å². The predicted molar refractivity (Wildman–Crippen MR) is 67.2 cm³/mol. The van der Waals surface area contributed by atoms with Crippen LogP contribution in [0.4, 0.5) is 11.5 Å². The number of aliphatic imine (C=N–C) groups is 1. The van der Waals surface area contributed by atoms with Crippen LogP contribution in [0.15, 0.2) is 59.7 Å². The average molecular weight is 211 g/mol. The van der Waals surface area contributed by atoms with Crippen LogP contribution in [0.1, 0.15) is 0 Å². The summed E-state index contributed by atoms with van der Waals surface area (Å²) in [4.78, 5) is 10.3. The van der Waals surface area contributed by atoms with Crippen molar-refractivity contribution in [3.05, 3.63) is 54.7 Å². The molecule has 1 aromatic heterocycles. The standard InChI is InChI=1S/C13H13N3/c1-16(12-7-3-2-4-8-12)11-15-13-9-5-6-10-14-13/h2-11H,1H3. The number of nitrogens with zero attached hydrogens (tertiary/aromatic N) is 3. The molecule has 1 heterocycles. The number of pyridine rings is 1. The molecule has 80 valence electrons. The Morgan fingerprint density at radius 2 is 1.81 bits per heavy atom. The van der Waals surface area contributed by atoms with E-state index in [-0.39, 0.29) is 0 Å². The van der Waals surface area contributed by atoms with Gasteiger partial charge in [0, 0.05) is 18.9 Å². The van der Waals surface area contributed by atoms with E-state index in [2.05, 4.69) is 9.98 Å². The smallest absolute Gasteiger partial charge is 0.153 e. The Bertz CT molecular complexity index is 451. The number of benzene rings is 1. The van der Waals surface area contributed by atoms with E-state index in [1.54, 1.807) is 12.5 Å². The number of hydrogen-bond donors (Lipinski definition) is 0. The zero-order chi connectivity index (χ0) is 11.2. The summed E-state index contributed by atoms with van der Waals surface area (Å²) < 4.78 is 0. The third kappa shape index (κ3) is 2.67. The molecule has 2 rings (SSSR count). The molecule has 0 saturated carbocycles. The molecule has 2 aromatic rings. The molecule has 0 bridgehead atoms. The number of hydrogen-bond acceptors (Lipinski definition) is 2. The number of anilines is 1. The van der Waals surface area contributed by atoms with Gasteiger partial charge in [-0.15, -0.1) is 0 Å². The maximum Gasteiger partial charge on any atom is 0.153 e. The van der Waals surface area contributed by atoms with E-state index >= 15 is 0 Å². The lowest BCUT2D eigenvalue weighted by Crippen LogP contribution is -2.13. The lowest BCUT2D eigenvalue weighted by atomic mass is 10.3. The Morgan fingerprint density at radius 1 is 1.06 bits per heavy atom. The van der Waals surface area contributed by atoms with Crippen molar-refractivity contribution in [3.8, 4) is 0 Å². The predicted octanol–water partition coefficient (Wildman–Crippen LogP) is 2.88. The van der Waals surface area contributed by atoms with Crippen LogP contribution in [0.5, 0.6) is 0 Å². The number of para-hydroxylation sites is 1. The van der Waals surface area contributed by atoms with Crippen molar-refractivity contribution in [2.24, 2.45) is 4.99 Å². The molecule has 3 nitrogen and oxygen atoms in total. The second-order valence-electron chi connectivity index (χ2n) is 3.38. The van der Waals surface area contributed by atoms with Gasteiger partial charge in [0.15, 0.2) is 5.82 Å². The Hall–Kier alpha value is -2.16. The third-order valence-electron chi connectivity index (χ3n) is 2.18. The van der Waals surface area contributed by atoms with Crippen molar-refractivity contribution in [1.82, 2.24) is 4.98 Å². The van der Waals surface area contributed by atoms with E-state index in [1.165, 1.54) is 0 Å². The Labute approximate surface area is 95.1 Å². The normalized spacial score (nSPS) is 10.6. The average Bonchev–Trinajstić information content (AvgIpc) is 2.38. The molecule has 0 saturated heterocycles. The summed E-state index contributed by atoms with van der Waals surface area (Å²) in [7, 11) is 1.96. The van der Waals surface area contributed by atoms with Crippen LogP contribution < -0.4 is 4.90 Å². The minimum Gasteiger partial charge on any atom is -0.335 e. The van der Waals surface area contributed by atoms with Crippen LogP contribution in [-0.4, -0.2) is 18.4 Å². The first-order valence-corrected chi connectivity index (χ1v) is 5.09. The summed E-state index contributed by atoms with van der Waals surface area (Å²) in [5.74, 6) is 0.713. The molecule has 3 heteroatoms. The zero-order valence-electron chi connectivity index (χ0n) is 9.12. The summed E-state index contributed by atoms with van der Waals surface area (Å²) >= 11 is 0. The van der Waals surface area contributed by atoms with Gasteiger partial charge >= 0.3 is 0 Å². The molecule has 0 spiro atoms.